The van der Waals surface area contributed by atoms with E-state index < -0.39 is 0 Å². The molecule has 0 aliphatic heterocycles. The lowest BCUT2D eigenvalue weighted by Crippen LogP contribution is -2.39. The first-order valence-corrected chi connectivity index (χ1v) is 7.02. The molecule has 0 fully saturated rings. The van der Waals surface area contributed by atoms with Crippen LogP contribution in [-0.4, -0.2) is 9.55 Å². The van der Waals surface area contributed by atoms with Crippen molar-refractivity contribution in [2.75, 3.05) is 0 Å². The summed E-state index contributed by atoms with van der Waals surface area (Å²) in [6.45, 7) is 8.91. The van der Waals surface area contributed by atoms with Gasteiger partial charge in [-0.15, -0.1) is 0 Å². The molecule has 4 heteroatoms. The summed E-state index contributed by atoms with van der Waals surface area (Å²) < 4.78 is 1.32. The molecular formula is C16H22N2O2. The van der Waals surface area contributed by atoms with Crippen molar-refractivity contribution in [1.82, 2.24) is 9.55 Å². The lowest BCUT2D eigenvalue weighted by Gasteiger charge is -2.27. The number of aromatic amines is 1. The molecular weight excluding hydrogens is 252 g/mol. The average Bonchev–Trinajstić information content (AvgIpc) is 2.33. The summed E-state index contributed by atoms with van der Waals surface area (Å²) in [7, 11) is 0. The lowest BCUT2D eigenvalue weighted by molar-refractivity contribution is 0.239. The van der Waals surface area contributed by atoms with Gasteiger partial charge in [0.2, 0.25) is 0 Å². The van der Waals surface area contributed by atoms with E-state index >= 15 is 0 Å². The van der Waals surface area contributed by atoms with Crippen LogP contribution >= 0.6 is 0 Å². The Hall–Kier alpha value is -1.84. The molecule has 0 aliphatic carbocycles. The van der Waals surface area contributed by atoms with E-state index in [1.165, 1.54) is 4.57 Å². The van der Waals surface area contributed by atoms with E-state index in [1.54, 1.807) is 12.1 Å². The van der Waals surface area contributed by atoms with Crippen LogP contribution in [0, 0.1) is 11.3 Å². The highest BCUT2D eigenvalue weighted by Gasteiger charge is 2.22. The minimum Gasteiger partial charge on any atom is -0.307 e. The third-order valence-electron chi connectivity index (χ3n) is 3.44. The number of nitrogens with one attached hydrogen (secondary N) is 1. The Morgan fingerprint density at radius 2 is 1.85 bits per heavy atom. The summed E-state index contributed by atoms with van der Waals surface area (Å²) in [6.07, 6.45) is 0.964. The smallest absolute Gasteiger partial charge is 0.307 e. The van der Waals surface area contributed by atoms with Gasteiger partial charge in [-0.3, -0.25) is 9.36 Å². The first-order valence-electron chi connectivity index (χ1n) is 7.02. The molecule has 1 aromatic heterocycles. The number of aromatic nitrogens is 2. The van der Waals surface area contributed by atoms with Gasteiger partial charge in [0.15, 0.2) is 0 Å². The van der Waals surface area contributed by atoms with Crippen molar-refractivity contribution < 1.29 is 0 Å². The van der Waals surface area contributed by atoms with Gasteiger partial charge < -0.3 is 4.98 Å². The molecule has 0 radical (unpaired) electrons. The zero-order chi connectivity index (χ0) is 14.9. The number of hydrogen-bond donors (Lipinski definition) is 1. The molecule has 108 valence electrons. The number of hydrogen-bond acceptors (Lipinski definition) is 2. The summed E-state index contributed by atoms with van der Waals surface area (Å²) in [5, 5.41) is 0.562. The quantitative estimate of drug-likeness (QED) is 0.932. The molecule has 0 bridgehead atoms. The number of para-hydroxylation sites is 1. The average molecular weight is 274 g/mol. The Kier molecular flexibility index (Phi) is 3.84. The van der Waals surface area contributed by atoms with Gasteiger partial charge in [-0.05, 0) is 29.9 Å². The molecule has 20 heavy (non-hydrogen) atoms. The molecule has 4 nitrogen and oxygen atoms in total. The Morgan fingerprint density at radius 3 is 2.50 bits per heavy atom. The Labute approximate surface area is 118 Å². The van der Waals surface area contributed by atoms with Crippen molar-refractivity contribution in [3.63, 3.8) is 0 Å². The van der Waals surface area contributed by atoms with Gasteiger partial charge in [-0.2, -0.15) is 0 Å². The first kappa shape index (κ1) is 14.6. The number of nitrogens with zero attached hydrogens (tertiary/aromatic N) is 1. The van der Waals surface area contributed by atoms with Gasteiger partial charge in [-0.25, -0.2) is 4.79 Å². The van der Waals surface area contributed by atoms with Crippen LogP contribution in [0.25, 0.3) is 10.9 Å². The van der Waals surface area contributed by atoms with Gasteiger partial charge in [0.05, 0.1) is 10.9 Å². The van der Waals surface area contributed by atoms with Gasteiger partial charge in [0.1, 0.15) is 0 Å². The number of fused-ring (bicyclic) bond motifs is 1. The molecule has 0 unspecified atom stereocenters. The van der Waals surface area contributed by atoms with Crippen molar-refractivity contribution in [3.05, 3.63) is 45.1 Å². The lowest BCUT2D eigenvalue weighted by atomic mass is 9.84. The maximum absolute atomic E-state index is 12.5. The Balaban J connectivity index is 2.50. The molecule has 1 N–H and O–H groups in total. The maximum atomic E-state index is 12.5. The predicted octanol–water partition coefficient (Wildman–Crippen LogP) is 2.76. The van der Waals surface area contributed by atoms with E-state index in [-0.39, 0.29) is 16.7 Å². The van der Waals surface area contributed by atoms with Crippen molar-refractivity contribution >= 4 is 10.9 Å². The minimum atomic E-state index is -0.328. The molecule has 1 heterocycles. The third-order valence-corrected chi connectivity index (χ3v) is 3.44. The van der Waals surface area contributed by atoms with E-state index in [9.17, 15) is 9.59 Å². The first-order chi connectivity index (χ1) is 9.30. The van der Waals surface area contributed by atoms with Gasteiger partial charge >= 0.3 is 5.69 Å². The van der Waals surface area contributed by atoms with Crippen LogP contribution in [0.2, 0.25) is 0 Å². The topological polar surface area (TPSA) is 54.9 Å². The van der Waals surface area contributed by atoms with Crippen molar-refractivity contribution in [3.8, 4) is 0 Å². The molecule has 0 spiro atoms. The fraction of sp³-hybridized carbons (Fsp3) is 0.500. The normalized spacial score (nSPS) is 12.2. The van der Waals surface area contributed by atoms with E-state index in [0.717, 1.165) is 6.42 Å². The molecule has 2 rings (SSSR count). The molecule has 1 aromatic carbocycles. The van der Waals surface area contributed by atoms with Crippen molar-refractivity contribution in [1.29, 1.82) is 0 Å². The van der Waals surface area contributed by atoms with E-state index in [2.05, 4.69) is 32.7 Å². The SMILES string of the molecule is CC(C)CC(C)(C)Cn1c(=O)[nH]c2ccccc2c1=O. The van der Waals surface area contributed by atoms with Gasteiger partial charge in [0, 0.05) is 6.54 Å². The second kappa shape index (κ2) is 5.27. The molecule has 0 saturated carbocycles. The molecule has 0 atom stereocenters. The van der Waals surface area contributed by atoms with Crippen LogP contribution in [0.1, 0.15) is 34.1 Å². The Morgan fingerprint density at radius 1 is 1.20 bits per heavy atom. The number of rotatable bonds is 4. The molecule has 2 aromatic rings. The molecule has 0 amide bonds. The zero-order valence-corrected chi connectivity index (χ0v) is 12.6. The van der Waals surface area contributed by atoms with E-state index in [1.807, 2.05) is 12.1 Å². The largest absolute Gasteiger partial charge is 0.328 e. The number of H-pyrrole nitrogens is 1. The van der Waals surface area contributed by atoms with Crippen molar-refractivity contribution in [2.24, 2.45) is 11.3 Å². The Bertz CT molecular complexity index is 723. The maximum Gasteiger partial charge on any atom is 0.328 e. The summed E-state index contributed by atoms with van der Waals surface area (Å²) in [5.41, 5.74) is -0.0277. The highest BCUT2D eigenvalue weighted by atomic mass is 16.2. The number of benzene rings is 1. The predicted molar refractivity (Wildman–Crippen MR) is 82.1 cm³/mol. The fourth-order valence-corrected chi connectivity index (χ4v) is 2.94. The van der Waals surface area contributed by atoms with E-state index in [4.69, 9.17) is 0 Å². The molecule has 0 saturated heterocycles. The van der Waals surface area contributed by atoms with Crippen LogP contribution in [-0.2, 0) is 6.54 Å². The zero-order valence-electron chi connectivity index (χ0n) is 12.6. The minimum absolute atomic E-state index is 0.0898. The standard InChI is InChI=1S/C16H22N2O2/c1-11(2)9-16(3,4)10-18-14(19)12-7-5-6-8-13(12)17-15(18)20/h5-8,11H,9-10H2,1-4H3,(H,17,20). The van der Waals surface area contributed by atoms with E-state index in [0.29, 0.717) is 23.4 Å². The van der Waals surface area contributed by atoms with Crippen LogP contribution in [0.15, 0.2) is 33.9 Å². The summed E-state index contributed by atoms with van der Waals surface area (Å²) in [5.74, 6) is 0.528. The monoisotopic (exact) mass is 274 g/mol. The highest BCUT2D eigenvalue weighted by molar-refractivity contribution is 5.76. The summed E-state index contributed by atoms with van der Waals surface area (Å²) >= 11 is 0. The second-order valence-corrected chi connectivity index (χ2v) is 6.63. The van der Waals surface area contributed by atoms with Crippen LogP contribution < -0.4 is 11.2 Å². The summed E-state index contributed by atoms with van der Waals surface area (Å²) in [6, 6.07) is 7.12. The summed E-state index contributed by atoms with van der Waals surface area (Å²) in [4.78, 5) is 27.4. The van der Waals surface area contributed by atoms with Gasteiger partial charge in [-0.1, -0.05) is 39.8 Å². The fourth-order valence-electron chi connectivity index (χ4n) is 2.94. The second-order valence-electron chi connectivity index (χ2n) is 6.63. The highest BCUT2D eigenvalue weighted by Crippen LogP contribution is 2.26. The van der Waals surface area contributed by atoms with Crippen molar-refractivity contribution in [2.45, 2.75) is 40.7 Å². The molecule has 0 aliphatic rings. The van der Waals surface area contributed by atoms with Crippen LogP contribution in [0.5, 0.6) is 0 Å². The van der Waals surface area contributed by atoms with Gasteiger partial charge in [0.25, 0.3) is 5.56 Å². The van der Waals surface area contributed by atoms with Crippen LogP contribution in [0.4, 0.5) is 0 Å². The third kappa shape index (κ3) is 3.00. The van der Waals surface area contributed by atoms with Crippen LogP contribution in [0.3, 0.4) is 0 Å².